The molecule has 0 fully saturated rings. The predicted molar refractivity (Wildman–Crippen MR) is 100 cm³/mol. The third-order valence-electron chi connectivity index (χ3n) is 4.05. The van der Waals surface area contributed by atoms with E-state index in [9.17, 15) is 13.2 Å². The van der Waals surface area contributed by atoms with Crippen LogP contribution in [-0.4, -0.2) is 31.7 Å². The summed E-state index contributed by atoms with van der Waals surface area (Å²) in [5.41, 5.74) is 1.87. The SMILES string of the molecule is CCN(CC)S(=O)(=O)c1cc(C(=O)Nc2ccc(C#N)cc2)ccc1C. The van der Waals surface area contributed by atoms with E-state index >= 15 is 0 Å². The summed E-state index contributed by atoms with van der Waals surface area (Å²) in [4.78, 5) is 12.6. The van der Waals surface area contributed by atoms with Gasteiger partial charge in [0.2, 0.25) is 10.0 Å². The molecule has 0 aliphatic rings. The minimum Gasteiger partial charge on any atom is -0.322 e. The molecule has 0 spiro atoms. The summed E-state index contributed by atoms with van der Waals surface area (Å²) in [5, 5.41) is 11.5. The highest BCUT2D eigenvalue weighted by molar-refractivity contribution is 7.89. The van der Waals surface area contributed by atoms with E-state index in [0.717, 1.165) is 0 Å². The van der Waals surface area contributed by atoms with Gasteiger partial charge in [0.1, 0.15) is 0 Å². The summed E-state index contributed by atoms with van der Waals surface area (Å²) in [6.45, 7) is 5.98. The molecule has 0 radical (unpaired) electrons. The zero-order valence-electron chi connectivity index (χ0n) is 15.0. The maximum atomic E-state index is 12.8. The number of sulfonamides is 1. The molecule has 1 amide bonds. The van der Waals surface area contributed by atoms with E-state index in [0.29, 0.717) is 29.9 Å². The molecule has 0 saturated carbocycles. The van der Waals surface area contributed by atoms with E-state index in [1.807, 2.05) is 6.07 Å². The molecule has 0 heterocycles. The number of hydrogen-bond donors (Lipinski definition) is 1. The van der Waals surface area contributed by atoms with E-state index in [-0.39, 0.29) is 10.5 Å². The molecule has 0 bridgehead atoms. The molecular formula is C19H21N3O3S. The second-order valence-electron chi connectivity index (χ2n) is 5.71. The lowest BCUT2D eigenvalue weighted by molar-refractivity contribution is 0.102. The van der Waals surface area contributed by atoms with Crippen molar-refractivity contribution >= 4 is 21.6 Å². The normalized spacial score (nSPS) is 11.2. The highest BCUT2D eigenvalue weighted by Crippen LogP contribution is 2.22. The molecular weight excluding hydrogens is 350 g/mol. The van der Waals surface area contributed by atoms with E-state index in [2.05, 4.69) is 5.32 Å². The van der Waals surface area contributed by atoms with Crippen molar-refractivity contribution in [3.63, 3.8) is 0 Å². The molecule has 0 aliphatic carbocycles. The van der Waals surface area contributed by atoms with Gasteiger partial charge in [-0.3, -0.25) is 4.79 Å². The van der Waals surface area contributed by atoms with Crippen LogP contribution in [0.1, 0.15) is 35.3 Å². The number of amides is 1. The van der Waals surface area contributed by atoms with Crippen molar-refractivity contribution < 1.29 is 13.2 Å². The Bertz CT molecular complexity index is 941. The molecule has 2 aromatic carbocycles. The van der Waals surface area contributed by atoms with Gasteiger partial charge in [-0.2, -0.15) is 9.57 Å². The van der Waals surface area contributed by atoms with Crippen LogP contribution in [0, 0.1) is 18.3 Å². The topological polar surface area (TPSA) is 90.3 Å². The van der Waals surface area contributed by atoms with Crippen molar-refractivity contribution in [1.82, 2.24) is 4.31 Å². The minimum absolute atomic E-state index is 0.133. The number of benzene rings is 2. The van der Waals surface area contributed by atoms with Crippen LogP contribution in [0.5, 0.6) is 0 Å². The fourth-order valence-corrected chi connectivity index (χ4v) is 4.26. The van der Waals surface area contributed by atoms with Crippen LogP contribution in [0.2, 0.25) is 0 Å². The molecule has 6 nitrogen and oxygen atoms in total. The molecule has 2 rings (SSSR count). The van der Waals surface area contributed by atoms with Crippen molar-refractivity contribution in [2.45, 2.75) is 25.7 Å². The number of nitrogens with one attached hydrogen (secondary N) is 1. The molecule has 0 unspecified atom stereocenters. The lowest BCUT2D eigenvalue weighted by Crippen LogP contribution is -2.31. The number of carbonyl (C=O) groups excluding carboxylic acids is 1. The van der Waals surface area contributed by atoms with Gasteiger partial charge in [0.25, 0.3) is 5.91 Å². The molecule has 136 valence electrons. The van der Waals surface area contributed by atoms with E-state index in [1.54, 1.807) is 57.2 Å². The summed E-state index contributed by atoms with van der Waals surface area (Å²) in [6, 6.07) is 13.1. The first kappa shape index (κ1) is 19.6. The van der Waals surface area contributed by atoms with Crippen molar-refractivity contribution in [2.75, 3.05) is 18.4 Å². The second-order valence-corrected chi connectivity index (χ2v) is 7.62. The largest absolute Gasteiger partial charge is 0.322 e. The zero-order valence-corrected chi connectivity index (χ0v) is 15.8. The highest BCUT2D eigenvalue weighted by atomic mass is 32.2. The summed E-state index contributed by atoms with van der Waals surface area (Å²) in [5.74, 6) is -0.411. The van der Waals surface area contributed by atoms with Crippen LogP contribution in [0.3, 0.4) is 0 Å². The lowest BCUT2D eigenvalue weighted by Gasteiger charge is -2.20. The van der Waals surface area contributed by atoms with Crippen LogP contribution in [0.15, 0.2) is 47.4 Å². The quantitative estimate of drug-likeness (QED) is 0.844. The van der Waals surface area contributed by atoms with Crippen molar-refractivity contribution in [1.29, 1.82) is 5.26 Å². The predicted octanol–water partition coefficient (Wildman–Crippen LogP) is 3.15. The minimum atomic E-state index is -3.65. The third-order valence-corrected chi connectivity index (χ3v) is 6.24. The molecule has 26 heavy (non-hydrogen) atoms. The Balaban J connectivity index is 2.33. The number of nitrogens with zero attached hydrogens (tertiary/aromatic N) is 2. The van der Waals surface area contributed by atoms with Crippen LogP contribution in [0.4, 0.5) is 5.69 Å². The average Bonchev–Trinajstić information content (AvgIpc) is 2.63. The van der Waals surface area contributed by atoms with Crippen LogP contribution in [-0.2, 0) is 10.0 Å². The maximum absolute atomic E-state index is 12.8. The van der Waals surface area contributed by atoms with Crippen LogP contribution in [0.25, 0.3) is 0 Å². The molecule has 7 heteroatoms. The Morgan fingerprint density at radius 3 is 2.27 bits per heavy atom. The Hall–Kier alpha value is -2.69. The zero-order chi connectivity index (χ0) is 19.3. The number of anilines is 1. The van der Waals surface area contributed by atoms with E-state index in [1.165, 1.54) is 10.4 Å². The Kier molecular flexibility index (Phi) is 6.14. The van der Waals surface area contributed by atoms with Crippen LogP contribution < -0.4 is 5.32 Å². The number of nitriles is 1. The number of hydrogen-bond acceptors (Lipinski definition) is 4. The number of aryl methyl sites for hydroxylation is 1. The molecule has 2 aromatic rings. The first-order valence-electron chi connectivity index (χ1n) is 8.25. The Morgan fingerprint density at radius 2 is 1.73 bits per heavy atom. The fraction of sp³-hybridized carbons (Fsp3) is 0.263. The van der Waals surface area contributed by atoms with E-state index in [4.69, 9.17) is 5.26 Å². The third kappa shape index (κ3) is 4.10. The van der Waals surface area contributed by atoms with Gasteiger partial charge in [-0.15, -0.1) is 0 Å². The molecule has 0 atom stereocenters. The first-order valence-corrected chi connectivity index (χ1v) is 9.69. The van der Waals surface area contributed by atoms with Gasteiger partial charge in [0.15, 0.2) is 0 Å². The number of rotatable bonds is 6. The van der Waals surface area contributed by atoms with Gasteiger partial charge >= 0.3 is 0 Å². The van der Waals surface area contributed by atoms with Crippen molar-refractivity contribution in [2.24, 2.45) is 0 Å². The average molecular weight is 371 g/mol. The summed E-state index contributed by atoms with van der Waals surface area (Å²) < 4.78 is 26.9. The standard InChI is InChI=1S/C19H21N3O3S/c1-4-22(5-2)26(24,25)18-12-16(9-6-14(18)3)19(23)21-17-10-7-15(13-20)8-11-17/h6-12H,4-5H2,1-3H3,(H,21,23). The molecule has 0 saturated heterocycles. The highest BCUT2D eigenvalue weighted by Gasteiger charge is 2.24. The lowest BCUT2D eigenvalue weighted by atomic mass is 10.1. The van der Waals surface area contributed by atoms with Gasteiger partial charge in [-0.25, -0.2) is 8.42 Å². The maximum Gasteiger partial charge on any atom is 0.255 e. The Labute approximate surface area is 154 Å². The first-order chi connectivity index (χ1) is 12.3. The second kappa shape index (κ2) is 8.13. The molecule has 0 aliphatic heterocycles. The van der Waals surface area contributed by atoms with Gasteiger partial charge in [-0.1, -0.05) is 19.9 Å². The monoisotopic (exact) mass is 371 g/mol. The van der Waals surface area contributed by atoms with Crippen molar-refractivity contribution in [3.05, 3.63) is 59.2 Å². The smallest absolute Gasteiger partial charge is 0.255 e. The van der Waals surface area contributed by atoms with Gasteiger partial charge < -0.3 is 5.32 Å². The van der Waals surface area contributed by atoms with Gasteiger partial charge in [-0.05, 0) is 48.9 Å². The van der Waals surface area contributed by atoms with Crippen molar-refractivity contribution in [3.8, 4) is 6.07 Å². The summed E-state index contributed by atoms with van der Waals surface area (Å²) in [7, 11) is -3.65. The molecule has 1 N–H and O–H groups in total. The molecule has 0 aromatic heterocycles. The Morgan fingerprint density at radius 1 is 1.12 bits per heavy atom. The summed E-state index contributed by atoms with van der Waals surface area (Å²) >= 11 is 0. The van der Waals surface area contributed by atoms with Gasteiger partial charge in [0.05, 0.1) is 16.5 Å². The van der Waals surface area contributed by atoms with Crippen LogP contribution >= 0.6 is 0 Å². The van der Waals surface area contributed by atoms with E-state index < -0.39 is 15.9 Å². The number of carbonyl (C=O) groups is 1. The summed E-state index contributed by atoms with van der Waals surface area (Å²) in [6.07, 6.45) is 0. The van der Waals surface area contributed by atoms with Gasteiger partial charge in [0, 0.05) is 24.3 Å². The fourth-order valence-electron chi connectivity index (χ4n) is 2.55.